The van der Waals surface area contributed by atoms with Crippen molar-refractivity contribution < 1.29 is 17.9 Å². The van der Waals surface area contributed by atoms with E-state index in [9.17, 15) is 8.42 Å². The zero-order valence-corrected chi connectivity index (χ0v) is 13.6. The summed E-state index contributed by atoms with van der Waals surface area (Å²) in [5, 5.41) is 0. The van der Waals surface area contributed by atoms with Crippen LogP contribution in [0.5, 0.6) is 11.5 Å². The SMILES string of the molecule is CCOc1ccc(NS(=O)(=O)c2ccc(C)cc2OC)cc1. The lowest BCUT2D eigenvalue weighted by atomic mass is 10.2. The largest absolute Gasteiger partial charge is 0.495 e. The van der Waals surface area contributed by atoms with E-state index in [2.05, 4.69) is 4.72 Å². The molecule has 0 bridgehead atoms. The van der Waals surface area contributed by atoms with Gasteiger partial charge in [0, 0.05) is 5.69 Å². The van der Waals surface area contributed by atoms with E-state index in [1.165, 1.54) is 13.2 Å². The van der Waals surface area contributed by atoms with Crippen LogP contribution in [0.2, 0.25) is 0 Å². The number of sulfonamides is 1. The van der Waals surface area contributed by atoms with Crippen molar-refractivity contribution in [2.45, 2.75) is 18.7 Å². The van der Waals surface area contributed by atoms with Crippen LogP contribution in [-0.2, 0) is 10.0 Å². The van der Waals surface area contributed by atoms with Gasteiger partial charge in [-0.05, 0) is 55.8 Å². The number of methoxy groups -OCH3 is 1. The monoisotopic (exact) mass is 321 g/mol. The van der Waals surface area contributed by atoms with Gasteiger partial charge in [0.25, 0.3) is 10.0 Å². The van der Waals surface area contributed by atoms with E-state index in [4.69, 9.17) is 9.47 Å². The van der Waals surface area contributed by atoms with Gasteiger partial charge in [-0.1, -0.05) is 6.07 Å². The third kappa shape index (κ3) is 3.71. The summed E-state index contributed by atoms with van der Waals surface area (Å²) in [6.07, 6.45) is 0. The number of benzene rings is 2. The Hall–Kier alpha value is -2.21. The molecule has 1 N–H and O–H groups in total. The number of anilines is 1. The molecule has 0 aliphatic carbocycles. The van der Waals surface area contributed by atoms with E-state index in [1.54, 1.807) is 36.4 Å². The Morgan fingerprint density at radius 2 is 1.77 bits per heavy atom. The standard InChI is InChI=1S/C16H19NO4S/c1-4-21-14-8-6-13(7-9-14)17-22(18,19)16-10-5-12(2)11-15(16)20-3/h5-11,17H,4H2,1-3H3. The van der Waals surface area contributed by atoms with Crippen LogP contribution < -0.4 is 14.2 Å². The maximum Gasteiger partial charge on any atom is 0.265 e. The Morgan fingerprint density at radius 3 is 2.36 bits per heavy atom. The first-order valence-electron chi connectivity index (χ1n) is 6.86. The second kappa shape index (κ2) is 6.70. The van der Waals surface area contributed by atoms with Gasteiger partial charge in [-0.3, -0.25) is 4.72 Å². The van der Waals surface area contributed by atoms with Crippen LogP contribution in [0.15, 0.2) is 47.4 Å². The Bertz CT molecular complexity index is 739. The molecule has 0 fully saturated rings. The molecular weight excluding hydrogens is 302 g/mol. The quantitative estimate of drug-likeness (QED) is 0.887. The second-order valence-corrected chi connectivity index (χ2v) is 6.37. The summed E-state index contributed by atoms with van der Waals surface area (Å²) >= 11 is 0. The number of hydrogen-bond donors (Lipinski definition) is 1. The molecule has 0 aliphatic heterocycles. The Morgan fingerprint density at radius 1 is 1.09 bits per heavy atom. The van der Waals surface area contributed by atoms with Crippen LogP contribution in [0.4, 0.5) is 5.69 Å². The van der Waals surface area contributed by atoms with Gasteiger partial charge >= 0.3 is 0 Å². The average molecular weight is 321 g/mol. The van der Waals surface area contributed by atoms with Crippen molar-refractivity contribution in [3.8, 4) is 11.5 Å². The molecule has 0 heterocycles. The first-order valence-corrected chi connectivity index (χ1v) is 8.35. The van der Waals surface area contributed by atoms with Crippen molar-refractivity contribution >= 4 is 15.7 Å². The molecule has 0 saturated carbocycles. The fourth-order valence-electron chi connectivity index (χ4n) is 1.99. The lowest BCUT2D eigenvalue weighted by molar-refractivity contribution is 0.340. The van der Waals surface area contributed by atoms with Crippen molar-refractivity contribution in [3.63, 3.8) is 0 Å². The van der Waals surface area contributed by atoms with Crippen LogP contribution in [-0.4, -0.2) is 22.1 Å². The Balaban J connectivity index is 2.27. The highest BCUT2D eigenvalue weighted by molar-refractivity contribution is 7.92. The highest BCUT2D eigenvalue weighted by Gasteiger charge is 2.19. The summed E-state index contributed by atoms with van der Waals surface area (Å²) in [4.78, 5) is 0.106. The molecule has 0 aromatic heterocycles. The van der Waals surface area contributed by atoms with Crippen LogP contribution >= 0.6 is 0 Å². The third-order valence-corrected chi connectivity index (χ3v) is 4.45. The highest BCUT2D eigenvalue weighted by atomic mass is 32.2. The van der Waals surface area contributed by atoms with Gasteiger partial charge in [0.2, 0.25) is 0 Å². The molecule has 0 aliphatic rings. The summed E-state index contributed by atoms with van der Waals surface area (Å²) in [5.41, 5.74) is 1.39. The number of aryl methyl sites for hydroxylation is 1. The lowest BCUT2D eigenvalue weighted by Gasteiger charge is -2.12. The van der Waals surface area contributed by atoms with Crippen LogP contribution in [0.1, 0.15) is 12.5 Å². The third-order valence-electron chi connectivity index (χ3n) is 3.03. The van der Waals surface area contributed by atoms with Gasteiger partial charge in [-0.15, -0.1) is 0 Å². The molecule has 2 rings (SSSR count). The molecule has 5 nitrogen and oxygen atoms in total. The minimum absolute atomic E-state index is 0.106. The van der Waals surface area contributed by atoms with Gasteiger partial charge < -0.3 is 9.47 Å². The Kier molecular flexibility index (Phi) is 4.92. The Labute approximate surface area is 130 Å². The number of hydrogen-bond acceptors (Lipinski definition) is 4. The van der Waals surface area contributed by atoms with Crippen LogP contribution in [0.3, 0.4) is 0 Å². The van der Waals surface area contributed by atoms with Gasteiger partial charge in [0.1, 0.15) is 16.4 Å². The summed E-state index contributed by atoms with van der Waals surface area (Å²) in [7, 11) is -2.26. The highest BCUT2D eigenvalue weighted by Crippen LogP contribution is 2.27. The predicted molar refractivity (Wildman–Crippen MR) is 86.2 cm³/mol. The maximum absolute atomic E-state index is 12.5. The van der Waals surface area contributed by atoms with Crippen molar-refractivity contribution in [2.24, 2.45) is 0 Å². The normalized spacial score (nSPS) is 11.0. The topological polar surface area (TPSA) is 64.6 Å². The fraction of sp³-hybridized carbons (Fsp3) is 0.250. The van der Waals surface area contributed by atoms with Gasteiger partial charge in [-0.2, -0.15) is 0 Å². The number of nitrogens with one attached hydrogen (secondary N) is 1. The maximum atomic E-state index is 12.5. The average Bonchev–Trinajstić information content (AvgIpc) is 2.49. The molecule has 6 heteroatoms. The minimum atomic E-state index is -3.71. The van der Waals surface area contributed by atoms with Gasteiger partial charge in [0.15, 0.2) is 0 Å². The van der Waals surface area contributed by atoms with Gasteiger partial charge in [0.05, 0.1) is 13.7 Å². The molecule has 118 valence electrons. The molecular formula is C16H19NO4S. The van der Waals surface area contributed by atoms with Crippen LogP contribution in [0.25, 0.3) is 0 Å². The van der Waals surface area contributed by atoms with Crippen molar-refractivity contribution in [1.82, 2.24) is 0 Å². The molecule has 22 heavy (non-hydrogen) atoms. The number of rotatable bonds is 6. The van der Waals surface area contributed by atoms with E-state index in [-0.39, 0.29) is 4.90 Å². The number of ether oxygens (including phenoxy) is 2. The zero-order valence-electron chi connectivity index (χ0n) is 12.8. The van der Waals surface area contributed by atoms with Crippen molar-refractivity contribution in [1.29, 1.82) is 0 Å². The summed E-state index contributed by atoms with van der Waals surface area (Å²) in [5.74, 6) is 1.01. The van der Waals surface area contributed by atoms with Crippen molar-refractivity contribution in [3.05, 3.63) is 48.0 Å². The molecule has 2 aromatic carbocycles. The van der Waals surface area contributed by atoms with Crippen molar-refractivity contribution in [2.75, 3.05) is 18.4 Å². The first kappa shape index (κ1) is 16.2. The van der Waals surface area contributed by atoms with Gasteiger partial charge in [-0.25, -0.2) is 8.42 Å². The molecule has 0 amide bonds. The summed E-state index contributed by atoms with van der Waals surface area (Å²) < 4.78 is 38.0. The van der Waals surface area contributed by atoms with E-state index >= 15 is 0 Å². The predicted octanol–water partition coefficient (Wildman–Crippen LogP) is 3.20. The molecule has 0 atom stereocenters. The fourth-order valence-corrected chi connectivity index (χ4v) is 3.20. The molecule has 0 radical (unpaired) electrons. The van der Waals surface area contributed by atoms with Crippen LogP contribution in [0, 0.1) is 6.92 Å². The summed E-state index contributed by atoms with van der Waals surface area (Å²) in [6.45, 7) is 4.32. The van der Waals surface area contributed by atoms with E-state index in [0.717, 1.165) is 5.56 Å². The minimum Gasteiger partial charge on any atom is -0.495 e. The smallest absolute Gasteiger partial charge is 0.265 e. The molecule has 0 saturated heterocycles. The second-order valence-electron chi connectivity index (χ2n) is 4.72. The van der Waals surface area contributed by atoms with E-state index in [1.807, 2.05) is 13.8 Å². The van der Waals surface area contributed by atoms with E-state index < -0.39 is 10.0 Å². The molecule has 2 aromatic rings. The molecule has 0 unspecified atom stereocenters. The molecule has 0 spiro atoms. The zero-order chi connectivity index (χ0) is 16.2. The summed E-state index contributed by atoms with van der Waals surface area (Å²) in [6, 6.07) is 11.7. The van der Waals surface area contributed by atoms with E-state index in [0.29, 0.717) is 23.8 Å². The lowest BCUT2D eigenvalue weighted by Crippen LogP contribution is -2.14. The first-order chi connectivity index (χ1) is 10.5.